The predicted molar refractivity (Wildman–Crippen MR) is 84.1 cm³/mol. The zero-order valence-electron chi connectivity index (χ0n) is 12.5. The summed E-state index contributed by atoms with van der Waals surface area (Å²) in [6, 6.07) is 18.8. The molecule has 0 N–H and O–H groups in total. The molecule has 2 heteroatoms. The van der Waals surface area contributed by atoms with Crippen molar-refractivity contribution >= 4 is 0 Å². The molecule has 0 aliphatic carbocycles. The van der Waals surface area contributed by atoms with Crippen LogP contribution in [0.15, 0.2) is 54.6 Å². The lowest BCUT2D eigenvalue weighted by molar-refractivity contribution is -0.0728. The second kappa shape index (κ2) is 6.42. The summed E-state index contributed by atoms with van der Waals surface area (Å²) >= 11 is 0. The van der Waals surface area contributed by atoms with Crippen LogP contribution in [0.1, 0.15) is 29.5 Å². The van der Waals surface area contributed by atoms with E-state index in [-0.39, 0.29) is 5.60 Å². The summed E-state index contributed by atoms with van der Waals surface area (Å²) in [5, 5.41) is 0. The Morgan fingerprint density at radius 2 is 1.81 bits per heavy atom. The Hall–Kier alpha value is -1.64. The van der Waals surface area contributed by atoms with E-state index in [1.165, 1.54) is 16.7 Å². The number of hydrogen-bond donors (Lipinski definition) is 0. The molecule has 0 bridgehead atoms. The van der Waals surface area contributed by atoms with Gasteiger partial charge in [0.2, 0.25) is 0 Å². The molecule has 1 unspecified atom stereocenters. The lowest BCUT2D eigenvalue weighted by atomic mass is 9.92. The number of rotatable bonds is 5. The lowest BCUT2D eigenvalue weighted by Crippen LogP contribution is -2.31. The molecule has 3 rings (SSSR count). The smallest absolute Gasteiger partial charge is 0.116 e. The third-order valence-electron chi connectivity index (χ3n) is 4.26. The Bertz CT molecular complexity index is 571. The van der Waals surface area contributed by atoms with Gasteiger partial charge in [-0.2, -0.15) is 0 Å². The minimum absolute atomic E-state index is 0.260. The summed E-state index contributed by atoms with van der Waals surface area (Å²) < 4.78 is 12.1. The molecular formula is C19H22O2. The van der Waals surface area contributed by atoms with Gasteiger partial charge in [-0.3, -0.25) is 0 Å². The van der Waals surface area contributed by atoms with Gasteiger partial charge in [0.05, 0.1) is 13.2 Å². The van der Waals surface area contributed by atoms with Gasteiger partial charge < -0.3 is 9.47 Å². The van der Waals surface area contributed by atoms with E-state index in [2.05, 4.69) is 55.5 Å². The highest BCUT2D eigenvalue weighted by Gasteiger charge is 2.37. The van der Waals surface area contributed by atoms with E-state index in [9.17, 15) is 0 Å². The molecule has 0 amide bonds. The van der Waals surface area contributed by atoms with Gasteiger partial charge in [0.25, 0.3) is 0 Å². The first-order chi connectivity index (χ1) is 10.3. The van der Waals surface area contributed by atoms with Crippen molar-refractivity contribution in [3.8, 4) is 0 Å². The fourth-order valence-electron chi connectivity index (χ4n) is 2.96. The van der Waals surface area contributed by atoms with E-state index in [1.807, 2.05) is 6.07 Å². The topological polar surface area (TPSA) is 18.5 Å². The molecule has 1 aliphatic rings. The van der Waals surface area contributed by atoms with E-state index in [1.54, 1.807) is 0 Å². The highest BCUT2D eigenvalue weighted by molar-refractivity contribution is 5.25. The Labute approximate surface area is 126 Å². The van der Waals surface area contributed by atoms with Crippen molar-refractivity contribution in [1.82, 2.24) is 0 Å². The molecule has 21 heavy (non-hydrogen) atoms. The van der Waals surface area contributed by atoms with Crippen molar-refractivity contribution in [3.63, 3.8) is 0 Å². The molecule has 2 aromatic rings. The zero-order chi connectivity index (χ0) is 14.5. The van der Waals surface area contributed by atoms with Crippen molar-refractivity contribution in [2.24, 2.45) is 0 Å². The first-order valence-electron chi connectivity index (χ1n) is 7.62. The maximum atomic E-state index is 6.07. The first-order valence-corrected chi connectivity index (χ1v) is 7.62. The monoisotopic (exact) mass is 282 g/mol. The molecule has 110 valence electrons. The quantitative estimate of drug-likeness (QED) is 0.817. The second-order valence-corrected chi connectivity index (χ2v) is 5.73. The summed E-state index contributed by atoms with van der Waals surface area (Å²) in [4.78, 5) is 0. The van der Waals surface area contributed by atoms with Crippen LogP contribution in [-0.4, -0.2) is 13.2 Å². The van der Waals surface area contributed by atoms with Crippen molar-refractivity contribution in [1.29, 1.82) is 0 Å². The standard InChI is InChI=1S/C19H22O2/c1-16-8-5-6-9-17(16)14-20-15-19(12-7-13-21-19)18-10-3-2-4-11-18/h2-6,8-11H,7,12-15H2,1H3. The van der Waals surface area contributed by atoms with Gasteiger partial charge in [-0.1, -0.05) is 54.6 Å². The molecule has 1 heterocycles. The minimum Gasteiger partial charge on any atom is -0.373 e. The molecule has 0 radical (unpaired) electrons. The van der Waals surface area contributed by atoms with Gasteiger partial charge in [0.15, 0.2) is 0 Å². The molecule has 2 nitrogen and oxygen atoms in total. The number of ether oxygens (including phenoxy) is 2. The number of benzene rings is 2. The Kier molecular flexibility index (Phi) is 4.37. The average molecular weight is 282 g/mol. The zero-order valence-corrected chi connectivity index (χ0v) is 12.5. The summed E-state index contributed by atoms with van der Waals surface area (Å²) in [5.41, 5.74) is 3.49. The molecule has 1 aliphatic heterocycles. The Morgan fingerprint density at radius 1 is 1.05 bits per heavy atom. The summed E-state index contributed by atoms with van der Waals surface area (Å²) in [5.74, 6) is 0. The molecule has 0 spiro atoms. The molecule has 2 aromatic carbocycles. The van der Waals surface area contributed by atoms with Crippen molar-refractivity contribution in [2.75, 3.05) is 13.2 Å². The van der Waals surface area contributed by atoms with Crippen molar-refractivity contribution in [3.05, 3.63) is 71.3 Å². The Morgan fingerprint density at radius 3 is 2.52 bits per heavy atom. The Balaban J connectivity index is 1.68. The van der Waals surface area contributed by atoms with Crippen LogP contribution in [-0.2, 0) is 21.7 Å². The first kappa shape index (κ1) is 14.3. The third kappa shape index (κ3) is 3.17. The van der Waals surface area contributed by atoms with Crippen LogP contribution in [0.2, 0.25) is 0 Å². The maximum absolute atomic E-state index is 6.07. The van der Waals surface area contributed by atoms with Gasteiger partial charge in [-0.15, -0.1) is 0 Å². The molecule has 0 aromatic heterocycles. The van der Waals surface area contributed by atoms with E-state index in [0.29, 0.717) is 13.2 Å². The lowest BCUT2D eigenvalue weighted by Gasteiger charge is -2.29. The fourth-order valence-corrected chi connectivity index (χ4v) is 2.96. The van der Waals surface area contributed by atoms with Crippen LogP contribution in [0.4, 0.5) is 0 Å². The number of aryl methyl sites for hydroxylation is 1. The van der Waals surface area contributed by atoms with Crippen molar-refractivity contribution < 1.29 is 9.47 Å². The molecule has 1 atom stereocenters. The van der Waals surface area contributed by atoms with Gasteiger partial charge in [-0.05, 0) is 36.5 Å². The number of hydrogen-bond acceptors (Lipinski definition) is 2. The van der Waals surface area contributed by atoms with E-state index < -0.39 is 0 Å². The third-order valence-corrected chi connectivity index (χ3v) is 4.26. The van der Waals surface area contributed by atoms with Crippen molar-refractivity contribution in [2.45, 2.75) is 32.0 Å². The van der Waals surface area contributed by atoms with Gasteiger partial charge in [-0.25, -0.2) is 0 Å². The highest BCUT2D eigenvalue weighted by Crippen LogP contribution is 2.36. The predicted octanol–water partition coefficient (Wildman–Crippen LogP) is 4.22. The van der Waals surface area contributed by atoms with Crippen LogP contribution in [0, 0.1) is 6.92 Å². The van der Waals surface area contributed by atoms with Crippen LogP contribution >= 0.6 is 0 Å². The van der Waals surface area contributed by atoms with Gasteiger partial charge >= 0.3 is 0 Å². The molecule has 0 saturated carbocycles. The summed E-state index contributed by atoms with van der Waals surface area (Å²) in [6.07, 6.45) is 2.13. The summed E-state index contributed by atoms with van der Waals surface area (Å²) in [7, 11) is 0. The van der Waals surface area contributed by atoms with Crippen LogP contribution in [0.3, 0.4) is 0 Å². The fraction of sp³-hybridized carbons (Fsp3) is 0.368. The van der Waals surface area contributed by atoms with E-state index in [4.69, 9.17) is 9.47 Å². The van der Waals surface area contributed by atoms with Gasteiger partial charge in [0.1, 0.15) is 5.60 Å². The highest BCUT2D eigenvalue weighted by atomic mass is 16.5. The van der Waals surface area contributed by atoms with Crippen LogP contribution < -0.4 is 0 Å². The second-order valence-electron chi connectivity index (χ2n) is 5.73. The maximum Gasteiger partial charge on any atom is 0.116 e. The largest absolute Gasteiger partial charge is 0.373 e. The molecule has 1 fully saturated rings. The average Bonchev–Trinajstić information content (AvgIpc) is 3.00. The van der Waals surface area contributed by atoms with E-state index >= 15 is 0 Å². The minimum atomic E-state index is -0.260. The molecule has 1 saturated heterocycles. The molecular weight excluding hydrogens is 260 g/mol. The normalized spacial score (nSPS) is 21.6. The van der Waals surface area contributed by atoms with Gasteiger partial charge in [0, 0.05) is 6.61 Å². The van der Waals surface area contributed by atoms with Crippen LogP contribution in [0.25, 0.3) is 0 Å². The van der Waals surface area contributed by atoms with E-state index in [0.717, 1.165) is 19.4 Å². The van der Waals surface area contributed by atoms with Crippen LogP contribution in [0.5, 0.6) is 0 Å². The summed E-state index contributed by atoms with van der Waals surface area (Å²) in [6.45, 7) is 4.20. The SMILES string of the molecule is Cc1ccccc1COCC1(c2ccccc2)CCCO1.